The highest BCUT2D eigenvalue weighted by Gasteiger charge is 2.00. The van der Waals surface area contributed by atoms with E-state index in [9.17, 15) is 4.39 Å². The Morgan fingerprint density at radius 2 is 2.45 bits per heavy atom. The van der Waals surface area contributed by atoms with Gasteiger partial charge in [0.05, 0.1) is 6.67 Å². The molecule has 2 N–H and O–H groups in total. The minimum Gasteiger partial charge on any atom is -0.381 e. The number of anilines is 1. The lowest BCUT2D eigenvalue weighted by molar-refractivity contribution is 0.435. The molecule has 0 saturated carbocycles. The zero-order valence-corrected chi connectivity index (χ0v) is 6.68. The van der Waals surface area contributed by atoms with Crippen LogP contribution >= 0.6 is 11.6 Å². The van der Waals surface area contributed by atoms with Gasteiger partial charge in [0.2, 0.25) is 0 Å². The van der Waals surface area contributed by atoms with Gasteiger partial charge in [0.15, 0.2) is 5.82 Å². The van der Waals surface area contributed by atoms with Crippen molar-refractivity contribution in [1.29, 1.82) is 0 Å². The Kier molecular flexibility index (Phi) is 2.70. The Morgan fingerprint density at radius 3 is 2.91 bits per heavy atom. The van der Waals surface area contributed by atoms with Crippen molar-refractivity contribution in [3.8, 4) is 0 Å². The monoisotopic (exact) mass is 177 g/mol. The summed E-state index contributed by atoms with van der Waals surface area (Å²) in [5, 5.41) is 4.26. The molecule has 0 radical (unpaired) electrons. The van der Waals surface area contributed by atoms with Crippen molar-refractivity contribution in [1.82, 2.24) is 9.78 Å². The summed E-state index contributed by atoms with van der Waals surface area (Å²) in [6.07, 6.45) is 2.03. The first-order valence-corrected chi connectivity index (χ1v) is 3.66. The number of alkyl halides is 1. The van der Waals surface area contributed by atoms with Crippen molar-refractivity contribution in [2.75, 3.05) is 12.4 Å². The molecule has 0 atom stereocenters. The molecule has 1 aromatic heterocycles. The van der Waals surface area contributed by atoms with E-state index in [1.807, 2.05) is 0 Å². The molecule has 0 unspecified atom stereocenters. The van der Waals surface area contributed by atoms with Gasteiger partial charge in [0, 0.05) is 12.7 Å². The van der Waals surface area contributed by atoms with Crippen molar-refractivity contribution in [3.63, 3.8) is 0 Å². The van der Waals surface area contributed by atoms with Crippen molar-refractivity contribution in [2.24, 2.45) is 0 Å². The molecule has 5 heteroatoms. The number of aryl methyl sites for hydroxylation is 1. The van der Waals surface area contributed by atoms with Crippen LogP contribution in [0.15, 0.2) is 6.20 Å². The largest absolute Gasteiger partial charge is 0.381 e. The normalized spacial score (nSPS) is 10.4. The molecule has 1 rings (SSSR count). The third kappa shape index (κ3) is 2.08. The van der Waals surface area contributed by atoms with Gasteiger partial charge in [-0.3, -0.25) is 9.07 Å². The van der Waals surface area contributed by atoms with Gasteiger partial charge in [-0.2, -0.15) is 5.10 Å². The molecule has 0 saturated heterocycles. The fourth-order valence-corrected chi connectivity index (χ4v) is 0.899. The van der Waals surface area contributed by atoms with E-state index in [4.69, 9.17) is 17.3 Å². The van der Waals surface area contributed by atoms with Gasteiger partial charge in [0.25, 0.3) is 0 Å². The van der Waals surface area contributed by atoms with Crippen LogP contribution in [-0.4, -0.2) is 16.5 Å². The van der Waals surface area contributed by atoms with E-state index in [1.54, 1.807) is 6.20 Å². The number of aromatic nitrogens is 2. The molecular formula is C6H9ClFN3. The second-order valence-electron chi connectivity index (χ2n) is 2.17. The Hall–Kier alpha value is -0.770. The second kappa shape index (κ2) is 3.57. The number of nitrogens with two attached hydrogens (primary N) is 1. The molecule has 1 heterocycles. The second-order valence-corrected chi connectivity index (χ2v) is 2.58. The molecule has 0 bridgehead atoms. The third-order valence-corrected chi connectivity index (χ3v) is 1.56. The minimum atomic E-state index is -0.350. The van der Waals surface area contributed by atoms with Crippen molar-refractivity contribution >= 4 is 17.4 Å². The molecule has 0 amide bonds. The van der Waals surface area contributed by atoms with Crippen LogP contribution in [0.3, 0.4) is 0 Å². The predicted molar refractivity (Wildman–Crippen MR) is 42.2 cm³/mol. The topological polar surface area (TPSA) is 43.8 Å². The first-order valence-electron chi connectivity index (χ1n) is 3.28. The maximum Gasteiger partial charge on any atom is 0.164 e. The maximum atomic E-state index is 11.7. The molecule has 0 aliphatic rings. The fourth-order valence-electron chi connectivity index (χ4n) is 0.748. The number of halogens is 2. The molecule has 1 aromatic rings. The van der Waals surface area contributed by atoms with E-state index < -0.39 is 0 Å². The molecule has 0 aliphatic carbocycles. The highest BCUT2D eigenvalue weighted by Crippen LogP contribution is 2.15. The molecule has 0 aliphatic heterocycles. The standard InChI is InChI=1S/C6H9ClFN3/c7-5-4-11(3-1-2-8)10-6(5)9/h4H,1-3H2,(H2,9,10). The van der Waals surface area contributed by atoms with Crippen LogP contribution in [0.1, 0.15) is 6.42 Å². The van der Waals surface area contributed by atoms with Crippen molar-refractivity contribution in [3.05, 3.63) is 11.2 Å². The molecule has 0 spiro atoms. The van der Waals surface area contributed by atoms with Gasteiger partial charge in [0.1, 0.15) is 5.02 Å². The summed E-state index contributed by atoms with van der Waals surface area (Å²) in [5.41, 5.74) is 5.35. The van der Waals surface area contributed by atoms with E-state index in [0.717, 1.165) is 0 Å². The summed E-state index contributed by atoms with van der Waals surface area (Å²) in [6, 6.07) is 0. The third-order valence-electron chi connectivity index (χ3n) is 1.26. The summed E-state index contributed by atoms with van der Waals surface area (Å²) >= 11 is 5.61. The van der Waals surface area contributed by atoms with Crippen LogP contribution in [0.5, 0.6) is 0 Å². The highest BCUT2D eigenvalue weighted by atomic mass is 35.5. The lowest BCUT2D eigenvalue weighted by Gasteiger charge is -1.95. The molecule has 62 valence electrons. The molecular weight excluding hydrogens is 169 g/mol. The lowest BCUT2D eigenvalue weighted by atomic mass is 10.5. The van der Waals surface area contributed by atoms with Crippen molar-refractivity contribution < 1.29 is 4.39 Å². The molecule has 0 fully saturated rings. The van der Waals surface area contributed by atoms with Crippen LogP contribution in [0.25, 0.3) is 0 Å². The predicted octanol–water partition coefficient (Wildman–Crippen LogP) is 1.48. The van der Waals surface area contributed by atoms with E-state index in [1.165, 1.54) is 4.68 Å². The Bertz CT molecular complexity index is 216. The first kappa shape index (κ1) is 8.33. The zero-order chi connectivity index (χ0) is 8.27. The zero-order valence-electron chi connectivity index (χ0n) is 5.93. The number of hydrogen-bond donors (Lipinski definition) is 1. The van der Waals surface area contributed by atoms with Crippen LogP contribution in [-0.2, 0) is 6.54 Å². The summed E-state index contributed by atoms with van der Waals surface area (Å²) in [5.74, 6) is 0.297. The number of hydrogen-bond acceptors (Lipinski definition) is 2. The van der Waals surface area contributed by atoms with Crippen LogP contribution in [0, 0.1) is 0 Å². The molecule has 3 nitrogen and oxygen atoms in total. The van der Waals surface area contributed by atoms with Gasteiger partial charge in [-0.05, 0) is 6.42 Å². The van der Waals surface area contributed by atoms with Gasteiger partial charge >= 0.3 is 0 Å². The average molecular weight is 178 g/mol. The van der Waals surface area contributed by atoms with Gasteiger partial charge in [-0.15, -0.1) is 0 Å². The van der Waals surface area contributed by atoms with Gasteiger partial charge in [-0.25, -0.2) is 0 Å². The summed E-state index contributed by atoms with van der Waals surface area (Å²) in [7, 11) is 0. The quantitative estimate of drug-likeness (QED) is 0.760. The van der Waals surface area contributed by atoms with Gasteiger partial charge in [-0.1, -0.05) is 11.6 Å². The number of nitrogen functional groups attached to an aromatic ring is 1. The highest BCUT2D eigenvalue weighted by molar-refractivity contribution is 6.32. The summed E-state index contributed by atoms with van der Waals surface area (Å²) < 4.78 is 13.2. The van der Waals surface area contributed by atoms with E-state index in [-0.39, 0.29) is 6.67 Å². The summed E-state index contributed by atoms with van der Waals surface area (Å²) in [6.45, 7) is 0.171. The Morgan fingerprint density at radius 1 is 1.73 bits per heavy atom. The smallest absolute Gasteiger partial charge is 0.164 e. The lowest BCUT2D eigenvalue weighted by Crippen LogP contribution is -1.99. The van der Waals surface area contributed by atoms with E-state index in [2.05, 4.69) is 5.10 Å². The van der Waals surface area contributed by atoms with Crippen LogP contribution < -0.4 is 5.73 Å². The van der Waals surface area contributed by atoms with Crippen molar-refractivity contribution in [2.45, 2.75) is 13.0 Å². The fraction of sp³-hybridized carbons (Fsp3) is 0.500. The van der Waals surface area contributed by atoms with E-state index in [0.29, 0.717) is 23.8 Å². The van der Waals surface area contributed by atoms with Crippen LogP contribution in [0.4, 0.5) is 10.2 Å². The first-order chi connectivity index (χ1) is 5.24. The Labute approximate surface area is 68.9 Å². The van der Waals surface area contributed by atoms with Crippen LogP contribution in [0.2, 0.25) is 5.02 Å². The van der Waals surface area contributed by atoms with Gasteiger partial charge < -0.3 is 5.73 Å². The van der Waals surface area contributed by atoms with E-state index >= 15 is 0 Å². The maximum absolute atomic E-state index is 11.7. The minimum absolute atomic E-state index is 0.297. The number of rotatable bonds is 3. The SMILES string of the molecule is Nc1nn(CCCF)cc1Cl. The number of nitrogens with zero attached hydrogens (tertiary/aromatic N) is 2. The average Bonchev–Trinajstić information content (AvgIpc) is 2.28. The summed E-state index contributed by atoms with van der Waals surface area (Å²) in [4.78, 5) is 0. The molecule has 11 heavy (non-hydrogen) atoms. The Balaban J connectivity index is 2.58. The molecule has 0 aromatic carbocycles.